The summed E-state index contributed by atoms with van der Waals surface area (Å²) in [5.74, 6) is 0.584. The van der Waals surface area contributed by atoms with Crippen molar-refractivity contribution >= 4 is 45.2 Å². The van der Waals surface area contributed by atoms with Crippen LogP contribution < -0.4 is 20.1 Å². The van der Waals surface area contributed by atoms with E-state index in [2.05, 4.69) is 26.6 Å². The molecule has 0 unspecified atom stereocenters. The Balaban J connectivity index is 1.79. The van der Waals surface area contributed by atoms with E-state index < -0.39 is 0 Å². The third kappa shape index (κ3) is 5.30. The summed E-state index contributed by atoms with van der Waals surface area (Å²) in [5.41, 5.74) is 1.31. The second-order valence-electron chi connectivity index (χ2n) is 6.04. The van der Waals surface area contributed by atoms with Gasteiger partial charge in [-0.3, -0.25) is 9.59 Å². The van der Waals surface area contributed by atoms with Gasteiger partial charge < -0.3 is 24.5 Å². The lowest BCUT2D eigenvalue weighted by Gasteiger charge is -2.15. The van der Waals surface area contributed by atoms with E-state index in [9.17, 15) is 9.59 Å². The molecule has 2 amide bonds. The predicted molar refractivity (Wildman–Crippen MR) is 118 cm³/mol. The van der Waals surface area contributed by atoms with E-state index >= 15 is 0 Å². The summed E-state index contributed by atoms with van der Waals surface area (Å²) in [7, 11) is 2.94. The molecule has 2 N–H and O–H groups in total. The van der Waals surface area contributed by atoms with Crippen molar-refractivity contribution < 1.29 is 23.5 Å². The SMILES string of the molecule is COc1cc(NC(=O)c2ccccc2)c(OC)cc1NC(=O)/C=C/c1ccc(Br)o1. The first kappa shape index (κ1) is 21.2. The Morgan fingerprint density at radius 3 is 2.13 bits per heavy atom. The molecule has 154 valence electrons. The first-order valence-corrected chi connectivity index (χ1v) is 9.66. The maximum absolute atomic E-state index is 12.5. The highest BCUT2D eigenvalue weighted by Crippen LogP contribution is 2.36. The van der Waals surface area contributed by atoms with Crippen LogP contribution in [-0.2, 0) is 4.79 Å². The second kappa shape index (κ2) is 9.80. The summed E-state index contributed by atoms with van der Waals surface area (Å²) in [5, 5.41) is 5.52. The standard InChI is InChI=1S/C22H19BrN2O5/c1-28-18-13-17(25-22(27)14-6-4-3-5-7-14)19(29-2)12-16(18)24-21(26)11-9-15-8-10-20(23)30-15/h3-13H,1-2H3,(H,24,26)(H,25,27)/b11-9+. The molecular formula is C22H19BrN2O5. The minimum atomic E-state index is -0.385. The lowest BCUT2D eigenvalue weighted by molar-refractivity contribution is -0.111. The molecule has 30 heavy (non-hydrogen) atoms. The van der Waals surface area contributed by atoms with Crippen LogP contribution in [0.25, 0.3) is 6.08 Å². The van der Waals surface area contributed by atoms with Gasteiger partial charge in [-0.2, -0.15) is 0 Å². The maximum Gasteiger partial charge on any atom is 0.255 e. The number of anilines is 2. The van der Waals surface area contributed by atoms with Crippen LogP contribution in [0, 0.1) is 0 Å². The molecule has 1 aromatic heterocycles. The number of hydrogen-bond acceptors (Lipinski definition) is 5. The maximum atomic E-state index is 12.5. The fourth-order valence-corrected chi connectivity index (χ4v) is 2.95. The van der Waals surface area contributed by atoms with Gasteiger partial charge in [0, 0.05) is 23.8 Å². The molecule has 0 aliphatic rings. The Hall–Kier alpha value is -3.52. The lowest BCUT2D eigenvalue weighted by Crippen LogP contribution is -2.14. The predicted octanol–water partition coefficient (Wildman–Crippen LogP) is 4.96. The average Bonchev–Trinajstić information content (AvgIpc) is 3.18. The van der Waals surface area contributed by atoms with E-state index in [1.54, 1.807) is 48.5 Å². The van der Waals surface area contributed by atoms with Crippen LogP contribution in [-0.4, -0.2) is 26.0 Å². The molecule has 0 aliphatic heterocycles. The van der Waals surface area contributed by atoms with Crippen molar-refractivity contribution in [3.05, 3.63) is 76.7 Å². The molecule has 2 aromatic carbocycles. The zero-order valence-electron chi connectivity index (χ0n) is 16.3. The van der Waals surface area contributed by atoms with Gasteiger partial charge in [-0.05, 0) is 46.3 Å². The fourth-order valence-electron chi connectivity index (χ4n) is 2.63. The molecule has 7 nitrogen and oxygen atoms in total. The van der Waals surface area contributed by atoms with Gasteiger partial charge in [0.25, 0.3) is 5.91 Å². The molecule has 0 radical (unpaired) electrons. The number of ether oxygens (including phenoxy) is 2. The van der Waals surface area contributed by atoms with Gasteiger partial charge in [0.05, 0.1) is 25.6 Å². The molecule has 0 saturated heterocycles. The Bertz CT molecular complexity index is 1080. The van der Waals surface area contributed by atoms with Crippen LogP contribution in [0.1, 0.15) is 16.1 Å². The Labute approximate surface area is 181 Å². The van der Waals surface area contributed by atoms with Crippen molar-refractivity contribution in [2.75, 3.05) is 24.9 Å². The van der Waals surface area contributed by atoms with Crippen LogP contribution >= 0.6 is 15.9 Å². The zero-order valence-corrected chi connectivity index (χ0v) is 17.9. The lowest BCUT2D eigenvalue weighted by atomic mass is 10.2. The number of methoxy groups -OCH3 is 2. The van der Waals surface area contributed by atoms with Crippen molar-refractivity contribution in [2.24, 2.45) is 0 Å². The molecule has 3 aromatic rings. The molecule has 0 fully saturated rings. The molecule has 1 heterocycles. The van der Waals surface area contributed by atoms with E-state index in [1.165, 1.54) is 26.4 Å². The summed E-state index contributed by atoms with van der Waals surface area (Å²) in [4.78, 5) is 24.8. The van der Waals surface area contributed by atoms with Gasteiger partial charge in [-0.15, -0.1) is 0 Å². The second-order valence-corrected chi connectivity index (χ2v) is 6.82. The van der Waals surface area contributed by atoms with Crippen LogP contribution in [0.3, 0.4) is 0 Å². The highest BCUT2D eigenvalue weighted by atomic mass is 79.9. The third-order valence-electron chi connectivity index (χ3n) is 4.06. The first-order chi connectivity index (χ1) is 14.5. The number of halogens is 1. The fraction of sp³-hybridized carbons (Fsp3) is 0.0909. The molecular weight excluding hydrogens is 452 g/mol. The van der Waals surface area contributed by atoms with E-state index in [0.29, 0.717) is 38.9 Å². The summed E-state index contributed by atoms with van der Waals surface area (Å²) in [6.45, 7) is 0. The number of rotatable bonds is 7. The first-order valence-electron chi connectivity index (χ1n) is 8.87. The smallest absolute Gasteiger partial charge is 0.255 e. The Morgan fingerprint density at radius 2 is 1.57 bits per heavy atom. The van der Waals surface area contributed by atoms with Crippen LogP contribution in [0.4, 0.5) is 11.4 Å². The van der Waals surface area contributed by atoms with Gasteiger partial charge in [-0.25, -0.2) is 0 Å². The number of furan rings is 1. The Kier molecular flexibility index (Phi) is 6.92. The summed E-state index contributed by atoms with van der Waals surface area (Å²) in [6, 6.07) is 15.4. The minimum absolute atomic E-state index is 0.291. The van der Waals surface area contributed by atoms with Gasteiger partial charge in [0.1, 0.15) is 17.3 Å². The summed E-state index contributed by atoms with van der Waals surface area (Å²) >= 11 is 3.20. The Morgan fingerprint density at radius 1 is 0.933 bits per heavy atom. The van der Waals surface area contributed by atoms with Gasteiger partial charge in [0.2, 0.25) is 5.91 Å². The number of nitrogens with one attached hydrogen (secondary N) is 2. The monoisotopic (exact) mass is 470 g/mol. The third-order valence-corrected chi connectivity index (χ3v) is 4.48. The van der Waals surface area contributed by atoms with Gasteiger partial charge in [0.15, 0.2) is 4.67 Å². The van der Waals surface area contributed by atoms with Crippen molar-refractivity contribution in [3.63, 3.8) is 0 Å². The van der Waals surface area contributed by atoms with Gasteiger partial charge in [-0.1, -0.05) is 18.2 Å². The quantitative estimate of drug-likeness (QED) is 0.476. The molecule has 8 heteroatoms. The minimum Gasteiger partial charge on any atom is -0.494 e. The van der Waals surface area contributed by atoms with E-state index in [-0.39, 0.29) is 11.8 Å². The highest BCUT2D eigenvalue weighted by molar-refractivity contribution is 9.10. The largest absolute Gasteiger partial charge is 0.494 e. The van der Waals surface area contributed by atoms with E-state index in [1.807, 2.05) is 6.07 Å². The van der Waals surface area contributed by atoms with Crippen LogP contribution in [0.2, 0.25) is 0 Å². The van der Waals surface area contributed by atoms with Crippen LogP contribution in [0.15, 0.2) is 69.8 Å². The number of carbonyl (C=O) groups excluding carboxylic acids is 2. The van der Waals surface area contributed by atoms with Crippen molar-refractivity contribution in [1.29, 1.82) is 0 Å². The number of carbonyl (C=O) groups is 2. The molecule has 0 aliphatic carbocycles. The molecule has 3 rings (SSSR count). The molecule has 0 spiro atoms. The van der Waals surface area contributed by atoms with Crippen molar-refractivity contribution in [3.8, 4) is 11.5 Å². The van der Waals surface area contributed by atoms with Crippen molar-refractivity contribution in [1.82, 2.24) is 0 Å². The van der Waals surface area contributed by atoms with E-state index in [0.717, 1.165) is 0 Å². The average molecular weight is 471 g/mol. The molecule has 0 bridgehead atoms. The molecule has 0 atom stereocenters. The summed E-state index contributed by atoms with van der Waals surface area (Å²) < 4.78 is 16.6. The summed E-state index contributed by atoms with van der Waals surface area (Å²) in [6.07, 6.45) is 2.88. The highest BCUT2D eigenvalue weighted by Gasteiger charge is 2.15. The molecule has 0 saturated carbocycles. The van der Waals surface area contributed by atoms with Crippen molar-refractivity contribution in [2.45, 2.75) is 0 Å². The van der Waals surface area contributed by atoms with Gasteiger partial charge >= 0.3 is 0 Å². The van der Waals surface area contributed by atoms with E-state index in [4.69, 9.17) is 13.9 Å². The number of benzene rings is 2. The number of amides is 2. The van der Waals surface area contributed by atoms with Crippen LogP contribution in [0.5, 0.6) is 11.5 Å². The number of hydrogen-bond donors (Lipinski definition) is 2. The zero-order chi connectivity index (χ0) is 21.5. The normalized spacial score (nSPS) is 10.6. The topological polar surface area (TPSA) is 89.8 Å².